The van der Waals surface area contributed by atoms with Gasteiger partial charge in [-0.2, -0.15) is 26.3 Å². The highest BCUT2D eigenvalue weighted by Crippen LogP contribution is 2.58. The fourth-order valence-corrected chi connectivity index (χ4v) is 3.66. The highest BCUT2D eigenvalue weighted by atomic mass is 35.5. The molecular weight excluding hydrogens is 335 g/mol. The van der Waals surface area contributed by atoms with Crippen LogP contribution < -0.4 is 5.32 Å². The second kappa shape index (κ2) is 5.07. The number of rotatable bonds is 3. The van der Waals surface area contributed by atoms with Crippen molar-refractivity contribution in [3.63, 3.8) is 0 Å². The Balaban J connectivity index is 2.29. The SMILES string of the molecule is FC(F)(F)C1(C(F)(F)F)N[C@@H]2[C@H](Cl)[C@@H]1C[C@H]2OCCCl. The van der Waals surface area contributed by atoms with E-state index in [1.165, 1.54) is 0 Å². The van der Waals surface area contributed by atoms with Crippen molar-refractivity contribution in [1.29, 1.82) is 0 Å². The van der Waals surface area contributed by atoms with Crippen molar-refractivity contribution in [2.45, 2.75) is 41.8 Å². The Labute approximate surface area is 120 Å². The number of hydrogen-bond acceptors (Lipinski definition) is 2. The molecule has 0 unspecified atom stereocenters. The van der Waals surface area contributed by atoms with Crippen LogP contribution in [0.1, 0.15) is 6.42 Å². The molecule has 0 aromatic rings. The van der Waals surface area contributed by atoms with Crippen LogP contribution in [0, 0.1) is 5.92 Å². The quantitative estimate of drug-likeness (QED) is 0.627. The molecule has 0 aromatic carbocycles. The average molecular weight is 346 g/mol. The minimum Gasteiger partial charge on any atom is -0.375 e. The number of halogens is 8. The van der Waals surface area contributed by atoms with Crippen molar-refractivity contribution in [3.8, 4) is 0 Å². The predicted molar refractivity (Wildman–Crippen MR) is 60.0 cm³/mol. The van der Waals surface area contributed by atoms with Crippen molar-refractivity contribution in [2.24, 2.45) is 5.92 Å². The molecule has 2 fully saturated rings. The third kappa shape index (κ3) is 2.19. The van der Waals surface area contributed by atoms with E-state index in [4.69, 9.17) is 27.9 Å². The van der Waals surface area contributed by atoms with E-state index < -0.39 is 47.8 Å². The molecule has 0 radical (unpaired) electrons. The zero-order valence-electron chi connectivity index (χ0n) is 9.86. The lowest BCUT2D eigenvalue weighted by molar-refractivity contribution is -0.321. The van der Waals surface area contributed by atoms with Gasteiger partial charge >= 0.3 is 12.4 Å². The van der Waals surface area contributed by atoms with Gasteiger partial charge in [-0.05, 0) is 6.42 Å². The van der Waals surface area contributed by atoms with E-state index in [9.17, 15) is 26.3 Å². The van der Waals surface area contributed by atoms with Crippen LogP contribution in [0.4, 0.5) is 26.3 Å². The summed E-state index contributed by atoms with van der Waals surface area (Å²) in [5.41, 5.74) is -3.96. The average Bonchev–Trinajstić information content (AvgIpc) is 2.75. The Hall–Kier alpha value is 0.0800. The van der Waals surface area contributed by atoms with Crippen LogP contribution in [0.25, 0.3) is 0 Å². The van der Waals surface area contributed by atoms with Crippen LogP contribution in [0.2, 0.25) is 0 Å². The van der Waals surface area contributed by atoms with E-state index in [0.29, 0.717) is 0 Å². The first kappa shape index (κ1) is 16.5. The number of piperidine rings is 1. The summed E-state index contributed by atoms with van der Waals surface area (Å²) in [4.78, 5) is 0. The van der Waals surface area contributed by atoms with Crippen LogP contribution in [0.3, 0.4) is 0 Å². The van der Waals surface area contributed by atoms with Crippen LogP contribution >= 0.6 is 23.2 Å². The van der Waals surface area contributed by atoms with E-state index in [2.05, 4.69) is 0 Å². The highest BCUT2D eigenvalue weighted by Gasteiger charge is 2.81. The number of fused-ring (bicyclic) bond motifs is 2. The summed E-state index contributed by atoms with van der Waals surface area (Å²) in [6.45, 7) is 0.0474. The molecule has 4 atom stereocenters. The molecule has 1 heterocycles. The van der Waals surface area contributed by atoms with Gasteiger partial charge < -0.3 is 4.74 Å². The molecule has 2 rings (SSSR count). The molecule has 1 aliphatic carbocycles. The molecular formula is C10H11Cl2F6NO. The van der Waals surface area contributed by atoms with E-state index in [0.717, 1.165) is 0 Å². The molecule has 0 spiro atoms. The normalized spacial score (nSPS) is 36.6. The van der Waals surface area contributed by atoms with Gasteiger partial charge in [0.05, 0.1) is 24.1 Å². The summed E-state index contributed by atoms with van der Waals surface area (Å²) in [7, 11) is 0. The summed E-state index contributed by atoms with van der Waals surface area (Å²) in [6, 6.07) is -1.20. The summed E-state index contributed by atoms with van der Waals surface area (Å²) in [6.07, 6.45) is -12.1. The predicted octanol–water partition coefficient (Wildman–Crippen LogP) is 3.07. The van der Waals surface area contributed by atoms with Gasteiger partial charge in [-0.15, -0.1) is 23.2 Å². The highest BCUT2D eigenvalue weighted by molar-refractivity contribution is 6.22. The van der Waals surface area contributed by atoms with Crippen LogP contribution in [-0.4, -0.2) is 47.9 Å². The largest absolute Gasteiger partial charge is 0.415 e. The van der Waals surface area contributed by atoms with E-state index in [-0.39, 0.29) is 12.5 Å². The lowest BCUT2D eigenvalue weighted by atomic mass is 9.82. The second-order valence-corrected chi connectivity index (χ2v) is 5.74. The maximum absolute atomic E-state index is 13.0. The maximum Gasteiger partial charge on any atom is 0.415 e. The van der Waals surface area contributed by atoms with Gasteiger partial charge in [0, 0.05) is 11.8 Å². The molecule has 20 heavy (non-hydrogen) atoms. The van der Waals surface area contributed by atoms with Gasteiger partial charge in [0.25, 0.3) is 0 Å². The number of hydrogen-bond donors (Lipinski definition) is 1. The lowest BCUT2D eigenvalue weighted by Gasteiger charge is -2.42. The Kier molecular flexibility index (Phi) is 4.17. The number of nitrogens with one attached hydrogen (secondary N) is 1. The molecule has 1 saturated carbocycles. The monoisotopic (exact) mass is 345 g/mol. The first-order valence-corrected chi connectivity index (χ1v) is 6.76. The van der Waals surface area contributed by atoms with Gasteiger partial charge in [-0.3, -0.25) is 5.32 Å². The van der Waals surface area contributed by atoms with E-state index >= 15 is 0 Å². The van der Waals surface area contributed by atoms with Gasteiger partial charge in [0.1, 0.15) is 0 Å². The Bertz CT molecular complexity index is 360. The Morgan fingerprint density at radius 1 is 1.15 bits per heavy atom. The third-order valence-electron chi connectivity index (χ3n) is 3.87. The second-order valence-electron chi connectivity index (χ2n) is 4.86. The minimum absolute atomic E-state index is 0.0474. The summed E-state index contributed by atoms with van der Waals surface area (Å²) >= 11 is 11.2. The summed E-state index contributed by atoms with van der Waals surface area (Å²) in [5.74, 6) is -1.71. The van der Waals surface area contributed by atoms with Gasteiger partial charge in [0.2, 0.25) is 5.54 Å². The maximum atomic E-state index is 13.0. The van der Waals surface area contributed by atoms with E-state index in [1.54, 1.807) is 5.32 Å². The van der Waals surface area contributed by atoms with Gasteiger partial charge in [0.15, 0.2) is 0 Å². The zero-order valence-corrected chi connectivity index (χ0v) is 11.4. The molecule has 118 valence electrons. The molecule has 0 amide bonds. The standard InChI is InChI=1S/C10H11Cl2F6NO/c11-1-2-20-5-3-4-6(12)7(5)19-8(4,9(13,14)15)10(16,17)18/h4-7,19H,1-3H2/t4-,5+,6+,7-/m0/s1. The van der Waals surface area contributed by atoms with Gasteiger partial charge in [-0.1, -0.05) is 0 Å². The molecule has 1 N–H and O–H groups in total. The van der Waals surface area contributed by atoms with Crippen molar-refractivity contribution >= 4 is 23.2 Å². The minimum atomic E-state index is -5.48. The zero-order chi connectivity index (χ0) is 15.3. The first-order valence-electron chi connectivity index (χ1n) is 5.79. The molecule has 1 aliphatic heterocycles. The molecule has 10 heteroatoms. The topological polar surface area (TPSA) is 21.3 Å². The van der Waals surface area contributed by atoms with Crippen LogP contribution in [-0.2, 0) is 4.74 Å². The van der Waals surface area contributed by atoms with Crippen molar-refractivity contribution in [1.82, 2.24) is 5.32 Å². The molecule has 2 nitrogen and oxygen atoms in total. The van der Waals surface area contributed by atoms with Crippen molar-refractivity contribution < 1.29 is 31.1 Å². The number of alkyl halides is 8. The smallest absolute Gasteiger partial charge is 0.375 e. The summed E-state index contributed by atoms with van der Waals surface area (Å²) in [5, 5.41) is 0.350. The molecule has 0 aromatic heterocycles. The van der Waals surface area contributed by atoms with Crippen molar-refractivity contribution in [2.75, 3.05) is 12.5 Å². The van der Waals surface area contributed by atoms with Crippen LogP contribution in [0.5, 0.6) is 0 Å². The molecule has 2 aliphatic rings. The molecule has 2 bridgehead atoms. The van der Waals surface area contributed by atoms with Crippen molar-refractivity contribution in [3.05, 3.63) is 0 Å². The van der Waals surface area contributed by atoms with E-state index in [1.807, 2.05) is 0 Å². The summed E-state index contributed by atoms with van der Waals surface area (Å²) < 4.78 is 83.3. The fourth-order valence-electron chi connectivity index (χ4n) is 3.05. The molecule has 1 saturated heterocycles. The third-order valence-corrected chi connectivity index (χ3v) is 4.60. The first-order chi connectivity index (χ1) is 9.06. The fraction of sp³-hybridized carbons (Fsp3) is 1.00. The Morgan fingerprint density at radius 2 is 1.70 bits per heavy atom. The van der Waals surface area contributed by atoms with Crippen LogP contribution in [0.15, 0.2) is 0 Å². The van der Waals surface area contributed by atoms with Gasteiger partial charge in [-0.25, -0.2) is 0 Å². The number of ether oxygens (including phenoxy) is 1. The Morgan fingerprint density at radius 3 is 2.05 bits per heavy atom. The lowest BCUT2D eigenvalue weighted by Crippen LogP contribution is -2.70.